The fraction of sp³-hybridized carbons (Fsp3) is 0.667. The molecule has 84 valence electrons. The standard InChI is InChI=1S/C9H14N2O4/c12-5-7(11-9(14)15)4-6-2-1-3-10-8(6)13/h5-7,11H,1-4H2,(H,10,13)(H,14,15). The molecule has 0 spiro atoms. The second-order valence-electron chi connectivity index (χ2n) is 3.56. The molecule has 6 nitrogen and oxygen atoms in total. The number of amides is 2. The Kier molecular flexibility index (Phi) is 4.08. The minimum atomic E-state index is -1.25. The van der Waals surface area contributed by atoms with Crippen LogP contribution < -0.4 is 10.6 Å². The number of nitrogens with one attached hydrogen (secondary N) is 2. The molecule has 0 aromatic rings. The van der Waals surface area contributed by atoms with Gasteiger partial charge in [0.25, 0.3) is 0 Å². The van der Waals surface area contributed by atoms with E-state index in [1.54, 1.807) is 0 Å². The summed E-state index contributed by atoms with van der Waals surface area (Å²) >= 11 is 0. The molecule has 2 atom stereocenters. The summed E-state index contributed by atoms with van der Waals surface area (Å²) in [6, 6.07) is -0.795. The number of aldehydes is 1. The Morgan fingerprint density at radius 1 is 1.73 bits per heavy atom. The summed E-state index contributed by atoms with van der Waals surface area (Å²) in [6.07, 6.45) is 1.09. The van der Waals surface area contributed by atoms with E-state index >= 15 is 0 Å². The van der Waals surface area contributed by atoms with E-state index in [4.69, 9.17) is 5.11 Å². The van der Waals surface area contributed by atoms with Gasteiger partial charge in [-0.25, -0.2) is 4.79 Å². The number of piperidine rings is 1. The lowest BCUT2D eigenvalue weighted by molar-refractivity contribution is -0.127. The Morgan fingerprint density at radius 2 is 2.47 bits per heavy atom. The van der Waals surface area contributed by atoms with Crippen LogP contribution in [-0.4, -0.2) is 36.0 Å². The van der Waals surface area contributed by atoms with E-state index in [1.807, 2.05) is 0 Å². The summed E-state index contributed by atoms with van der Waals surface area (Å²) in [5, 5.41) is 13.2. The highest BCUT2D eigenvalue weighted by Gasteiger charge is 2.25. The molecule has 1 rings (SSSR count). The first-order valence-corrected chi connectivity index (χ1v) is 4.86. The average molecular weight is 214 g/mol. The Balaban J connectivity index is 2.45. The second-order valence-corrected chi connectivity index (χ2v) is 3.56. The van der Waals surface area contributed by atoms with Crippen molar-refractivity contribution in [3.05, 3.63) is 0 Å². The van der Waals surface area contributed by atoms with E-state index in [0.717, 1.165) is 6.42 Å². The number of carbonyl (C=O) groups is 3. The quantitative estimate of drug-likeness (QED) is 0.562. The third-order valence-corrected chi connectivity index (χ3v) is 2.41. The molecule has 1 fully saturated rings. The number of hydrogen-bond acceptors (Lipinski definition) is 3. The molecule has 0 aromatic heterocycles. The van der Waals surface area contributed by atoms with Crippen LogP contribution in [0.4, 0.5) is 4.79 Å². The smallest absolute Gasteiger partial charge is 0.405 e. The van der Waals surface area contributed by atoms with Crippen LogP contribution in [0, 0.1) is 5.92 Å². The van der Waals surface area contributed by atoms with Gasteiger partial charge in [-0.1, -0.05) is 0 Å². The van der Waals surface area contributed by atoms with Crippen LogP contribution in [-0.2, 0) is 9.59 Å². The third-order valence-electron chi connectivity index (χ3n) is 2.41. The van der Waals surface area contributed by atoms with Crippen molar-refractivity contribution in [2.24, 2.45) is 5.92 Å². The SMILES string of the molecule is O=CC(CC1CCCNC1=O)NC(=O)O. The van der Waals surface area contributed by atoms with Crippen LogP contribution in [0.15, 0.2) is 0 Å². The van der Waals surface area contributed by atoms with Crippen molar-refractivity contribution in [2.45, 2.75) is 25.3 Å². The zero-order chi connectivity index (χ0) is 11.3. The first kappa shape index (κ1) is 11.5. The lowest BCUT2D eigenvalue weighted by atomic mass is 9.92. The number of hydrogen-bond donors (Lipinski definition) is 3. The summed E-state index contributed by atoms with van der Waals surface area (Å²) in [7, 11) is 0. The molecule has 1 aliphatic heterocycles. The highest BCUT2D eigenvalue weighted by atomic mass is 16.4. The van der Waals surface area contributed by atoms with Crippen molar-refractivity contribution in [3.63, 3.8) is 0 Å². The number of rotatable bonds is 4. The molecule has 2 unspecified atom stereocenters. The lowest BCUT2D eigenvalue weighted by Crippen LogP contribution is -2.42. The first-order chi connectivity index (χ1) is 7.13. The Hall–Kier alpha value is -1.59. The summed E-state index contributed by atoms with van der Waals surface area (Å²) in [5.74, 6) is -0.360. The molecule has 15 heavy (non-hydrogen) atoms. The van der Waals surface area contributed by atoms with Crippen LogP contribution in [0.5, 0.6) is 0 Å². The highest BCUT2D eigenvalue weighted by molar-refractivity contribution is 5.80. The normalized spacial score (nSPS) is 22.7. The molecule has 1 aliphatic rings. The maximum atomic E-state index is 11.3. The van der Waals surface area contributed by atoms with Gasteiger partial charge in [0.15, 0.2) is 0 Å². The van der Waals surface area contributed by atoms with Gasteiger partial charge in [-0.05, 0) is 19.3 Å². The predicted molar refractivity (Wildman–Crippen MR) is 51.4 cm³/mol. The zero-order valence-corrected chi connectivity index (χ0v) is 8.23. The lowest BCUT2D eigenvalue weighted by Gasteiger charge is -2.23. The van der Waals surface area contributed by atoms with E-state index in [2.05, 4.69) is 10.6 Å². The molecular weight excluding hydrogens is 200 g/mol. The van der Waals surface area contributed by atoms with E-state index in [9.17, 15) is 14.4 Å². The summed E-state index contributed by atoms with van der Waals surface area (Å²) in [6.45, 7) is 0.660. The van der Waals surface area contributed by atoms with Gasteiger partial charge in [0.05, 0.1) is 6.04 Å². The van der Waals surface area contributed by atoms with Crippen LogP contribution in [0.1, 0.15) is 19.3 Å². The maximum absolute atomic E-state index is 11.3. The Labute approximate surface area is 87.0 Å². The molecule has 2 amide bonds. The van der Waals surface area contributed by atoms with Gasteiger partial charge in [0.2, 0.25) is 5.91 Å². The van der Waals surface area contributed by atoms with Crippen molar-refractivity contribution < 1.29 is 19.5 Å². The minimum absolute atomic E-state index is 0.0970. The predicted octanol–water partition coefficient (Wildman–Crippen LogP) is -0.262. The summed E-state index contributed by atoms with van der Waals surface area (Å²) < 4.78 is 0. The average Bonchev–Trinajstić information content (AvgIpc) is 2.19. The second kappa shape index (κ2) is 5.33. The molecule has 1 saturated heterocycles. The topological polar surface area (TPSA) is 95.5 Å². The fourth-order valence-corrected chi connectivity index (χ4v) is 1.67. The van der Waals surface area contributed by atoms with E-state index in [0.29, 0.717) is 19.3 Å². The summed E-state index contributed by atoms with van der Waals surface area (Å²) in [4.78, 5) is 32.2. The minimum Gasteiger partial charge on any atom is -0.465 e. The van der Waals surface area contributed by atoms with Crippen LogP contribution >= 0.6 is 0 Å². The fourth-order valence-electron chi connectivity index (χ4n) is 1.67. The van der Waals surface area contributed by atoms with Gasteiger partial charge in [0.1, 0.15) is 6.29 Å². The van der Waals surface area contributed by atoms with Crippen molar-refractivity contribution in [1.29, 1.82) is 0 Å². The van der Waals surface area contributed by atoms with Gasteiger partial charge in [-0.2, -0.15) is 0 Å². The van der Waals surface area contributed by atoms with Crippen molar-refractivity contribution >= 4 is 18.3 Å². The number of carboxylic acid groups (broad SMARTS) is 1. The van der Waals surface area contributed by atoms with Gasteiger partial charge < -0.3 is 20.5 Å². The number of carbonyl (C=O) groups excluding carboxylic acids is 2. The van der Waals surface area contributed by atoms with E-state index < -0.39 is 12.1 Å². The Bertz CT molecular complexity index is 267. The Morgan fingerprint density at radius 3 is 3.00 bits per heavy atom. The van der Waals surface area contributed by atoms with Gasteiger partial charge in [0, 0.05) is 12.5 Å². The third kappa shape index (κ3) is 3.57. The van der Waals surface area contributed by atoms with Crippen LogP contribution in [0.25, 0.3) is 0 Å². The molecule has 0 radical (unpaired) electrons. The molecular formula is C9H14N2O4. The van der Waals surface area contributed by atoms with Gasteiger partial charge in [-0.3, -0.25) is 4.79 Å². The highest BCUT2D eigenvalue weighted by Crippen LogP contribution is 2.16. The molecule has 0 bridgehead atoms. The monoisotopic (exact) mass is 214 g/mol. The van der Waals surface area contributed by atoms with E-state index in [1.165, 1.54) is 0 Å². The van der Waals surface area contributed by atoms with Crippen molar-refractivity contribution in [2.75, 3.05) is 6.54 Å². The van der Waals surface area contributed by atoms with Crippen molar-refractivity contribution in [1.82, 2.24) is 10.6 Å². The molecule has 0 aromatic carbocycles. The summed E-state index contributed by atoms with van der Waals surface area (Å²) in [5.41, 5.74) is 0. The molecule has 1 heterocycles. The van der Waals surface area contributed by atoms with Gasteiger partial charge >= 0.3 is 6.09 Å². The van der Waals surface area contributed by atoms with E-state index in [-0.39, 0.29) is 18.2 Å². The molecule has 3 N–H and O–H groups in total. The van der Waals surface area contributed by atoms with Crippen molar-refractivity contribution in [3.8, 4) is 0 Å². The maximum Gasteiger partial charge on any atom is 0.405 e. The molecule has 0 saturated carbocycles. The molecule has 6 heteroatoms. The van der Waals surface area contributed by atoms with Gasteiger partial charge in [-0.15, -0.1) is 0 Å². The first-order valence-electron chi connectivity index (χ1n) is 4.86. The van der Waals surface area contributed by atoms with Crippen LogP contribution in [0.3, 0.4) is 0 Å². The van der Waals surface area contributed by atoms with Crippen LogP contribution in [0.2, 0.25) is 0 Å². The largest absolute Gasteiger partial charge is 0.465 e. The molecule has 0 aliphatic carbocycles. The zero-order valence-electron chi connectivity index (χ0n) is 8.23.